The van der Waals surface area contributed by atoms with Gasteiger partial charge in [0.25, 0.3) is 0 Å². The van der Waals surface area contributed by atoms with E-state index >= 15 is 0 Å². The summed E-state index contributed by atoms with van der Waals surface area (Å²) in [5, 5.41) is 13.3. The molecule has 0 radical (unpaired) electrons. The number of rotatable bonds is 6. The van der Waals surface area contributed by atoms with Crippen molar-refractivity contribution in [3.8, 4) is 5.75 Å². The highest BCUT2D eigenvalue weighted by atomic mass is 19.4. The molecule has 1 aromatic heterocycles. The normalized spacial score (nSPS) is 17.2. The minimum atomic E-state index is -4.52. The highest BCUT2D eigenvalue weighted by Gasteiger charge is 2.34. The minimum absolute atomic E-state index is 0.0193. The zero-order chi connectivity index (χ0) is 23.8. The summed E-state index contributed by atoms with van der Waals surface area (Å²) in [6.45, 7) is 8.27. The van der Waals surface area contributed by atoms with Crippen LogP contribution in [0.15, 0.2) is 43.0 Å². The molecule has 1 aliphatic rings. The quantitative estimate of drug-likeness (QED) is 0.383. The van der Waals surface area contributed by atoms with Crippen LogP contribution in [0, 0.1) is 13.8 Å². The van der Waals surface area contributed by atoms with Crippen LogP contribution in [0.4, 0.5) is 24.7 Å². The van der Waals surface area contributed by atoms with Crippen LogP contribution < -0.4 is 15.8 Å². The Morgan fingerprint density at radius 3 is 2.67 bits per heavy atom. The molecule has 1 aliphatic heterocycles. The number of nitrogens with one attached hydrogen (secondary N) is 1. The van der Waals surface area contributed by atoms with Crippen LogP contribution in [0.5, 0.6) is 5.75 Å². The highest BCUT2D eigenvalue weighted by molar-refractivity contribution is 5.94. The first-order valence-electron chi connectivity index (χ1n) is 10.5. The highest BCUT2D eigenvalue weighted by Crippen LogP contribution is 2.38. The van der Waals surface area contributed by atoms with Crippen molar-refractivity contribution in [1.29, 1.82) is 0 Å². The van der Waals surface area contributed by atoms with E-state index in [1.54, 1.807) is 0 Å². The van der Waals surface area contributed by atoms with E-state index in [9.17, 15) is 13.2 Å². The van der Waals surface area contributed by atoms with Gasteiger partial charge in [-0.05, 0) is 55.3 Å². The lowest BCUT2D eigenvalue weighted by atomic mass is 9.95. The maximum Gasteiger partial charge on any atom is 0.416 e. The maximum absolute atomic E-state index is 13.5. The molecule has 0 aliphatic carbocycles. The van der Waals surface area contributed by atoms with Crippen LogP contribution in [-0.2, 0) is 10.9 Å². The summed E-state index contributed by atoms with van der Waals surface area (Å²) in [4.78, 5) is 0. The number of nitrogens with two attached hydrogens (primary N) is 1. The first kappa shape index (κ1) is 22.8. The lowest BCUT2D eigenvalue weighted by Gasteiger charge is -2.22. The molecule has 0 bridgehead atoms. The number of fused-ring (bicyclic) bond motifs is 1. The lowest BCUT2D eigenvalue weighted by molar-refractivity contribution is -0.138. The van der Waals surface area contributed by atoms with E-state index in [2.05, 4.69) is 22.1 Å². The number of alkyl halides is 3. The Morgan fingerprint density at radius 2 is 2.00 bits per heavy atom. The molecule has 1 saturated heterocycles. The molecular weight excluding hydrogens is 433 g/mol. The van der Waals surface area contributed by atoms with Crippen LogP contribution in [0.3, 0.4) is 0 Å². The van der Waals surface area contributed by atoms with Crippen molar-refractivity contribution >= 4 is 22.3 Å². The molecule has 2 heterocycles. The van der Waals surface area contributed by atoms with E-state index in [4.69, 9.17) is 15.2 Å². The molecule has 9 heteroatoms. The number of anilines is 2. The smallest absolute Gasteiger partial charge is 0.416 e. The third-order valence-electron chi connectivity index (χ3n) is 5.77. The number of nitrogens with zero attached hydrogens (tertiary/aromatic N) is 2. The van der Waals surface area contributed by atoms with Gasteiger partial charge in [-0.25, -0.2) is 0 Å². The van der Waals surface area contributed by atoms with Crippen LogP contribution in [-0.4, -0.2) is 29.5 Å². The van der Waals surface area contributed by atoms with E-state index in [0.29, 0.717) is 30.3 Å². The fourth-order valence-corrected chi connectivity index (χ4v) is 4.03. The average Bonchev–Trinajstić information content (AvgIpc) is 3.27. The van der Waals surface area contributed by atoms with Gasteiger partial charge >= 0.3 is 6.18 Å². The molecule has 33 heavy (non-hydrogen) atoms. The molecule has 0 spiro atoms. The van der Waals surface area contributed by atoms with Crippen molar-refractivity contribution in [2.75, 3.05) is 24.3 Å². The zero-order valence-corrected chi connectivity index (χ0v) is 18.4. The van der Waals surface area contributed by atoms with Crippen LogP contribution in [0.1, 0.15) is 34.8 Å². The first-order chi connectivity index (χ1) is 15.7. The lowest BCUT2D eigenvalue weighted by Crippen LogP contribution is -2.17. The average molecular weight is 458 g/mol. The molecular formula is C24H25F3N4O2. The first-order valence-corrected chi connectivity index (χ1v) is 10.5. The minimum Gasteiger partial charge on any atom is -0.488 e. The van der Waals surface area contributed by atoms with E-state index < -0.39 is 17.8 Å². The van der Waals surface area contributed by atoms with Gasteiger partial charge in [-0.2, -0.15) is 18.3 Å². The molecule has 0 saturated carbocycles. The summed E-state index contributed by atoms with van der Waals surface area (Å²) in [6.07, 6.45) is -2.21. The summed E-state index contributed by atoms with van der Waals surface area (Å²) in [6, 6.07) is 7.39. The molecule has 0 unspecified atom stereocenters. The van der Waals surface area contributed by atoms with E-state index in [0.717, 1.165) is 29.0 Å². The van der Waals surface area contributed by atoms with Gasteiger partial charge in [0.15, 0.2) is 5.82 Å². The fourth-order valence-electron chi connectivity index (χ4n) is 4.03. The van der Waals surface area contributed by atoms with Gasteiger partial charge in [0.05, 0.1) is 30.5 Å². The predicted molar refractivity (Wildman–Crippen MR) is 121 cm³/mol. The third-order valence-corrected chi connectivity index (χ3v) is 5.77. The van der Waals surface area contributed by atoms with Crippen molar-refractivity contribution in [3.05, 3.63) is 65.4 Å². The number of hydrogen-bond acceptors (Lipinski definition) is 6. The van der Waals surface area contributed by atoms with Crippen molar-refractivity contribution in [2.24, 2.45) is 0 Å². The number of ether oxygens (including phenoxy) is 2. The Kier molecular flexibility index (Phi) is 6.16. The molecule has 6 nitrogen and oxygen atoms in total. The molecule has 3 N–H and O–H groups in total. The second kappa shape index (κ2) is 8.90. The Morgan fingerprint density at radius 1 is 1.21 bits per heavy atom. The number of halogens is 3. The zero-order valence-electron chi connectivity index (χ0n) is 18.4. The molecule has 3 aromatic rings. The van der Waals surface area contributed by atoms with Crippen LogP contribution >= 0.6 is 0 Å². The second-order valence-corrected chi connectivity index (χ2v) is 8.08. The number of hydrogen-bond donors (Lipinski definition) is 2. The van der Waals surface area contributed by atoms with Gasteiger partial charge in [-0.15, -0.1) is 11.7 Å². The molecule has 2 atom stereocenters. The van der Waals surface area contributed by atoms with Gasteiger partial charge in [0.1, 0.15) is 11.9 Å². The second-order valence-electron chi connectivity index (χ2n) is 8.08. The molecule has 4 rings (SSSR count). The van der Waals surface area contributed by atoms with Crippen LogP contribution in [0.2, 0.25) is 0 Å². The van der Waals surface area contributed by atoms with E-state index in [1.165, 1.54) is 19.1 Å². The largest absolute Gasteiger partial charge is 0.488 e. The summed E-state index contributed by atoms with van der Waals surface area (Å²) >= 11 is 0. The molecule has 174 valence electrons. The Hall–Kier alpha value is -3.33. The van der Waals surface area contributed by atoms with Gasteiger partial charge in [-0.3, -0.25) is 0 Å². The fraction of sp³-hybridized carbons (Fsp3) is 0.333. The van der Waals surface area contributed by atoms with E-state index in [1.807, 2.05) is 25.1 Å². The Bertz CT molecular complexity index is 1190. The topological polar surface area (TPSA) is 82.3 Å². The van der Waals surface area contributed by atoms with Crippen LogP contribution in [0.25, 0.3) is 10.8 Å². The summed E-state index contributed by atoms with van der Waals surface area (Å²) in [7, 11) is 0. The summed E-state index contributed by atoms with van der Waals surface area (Å²) in [5.74, 6) is 1.06. The van der Waals surface area contributed by atoms with Gasteiger partial charge in [0.2, 0.25) is 0 Å². The van der Waals surface area contributed by atoms with E-state index in [-0.39, 0.29) is 17.4 Å². The molecule has 0 amide bonds. The number of aryl methyl sites for hydroxylation is 1. The SMILES string of the molecule is C=C[C@@H](Nc1nnc(C)c2ccc(O[C@H]3CCOC3)cc12)c1cc(N)cc(C(F)(F)F)c1C. The summed E-state index contributed by atoms with van der Waals surface area (Å²) < 4.78 is 51.9. The Balaban J connectivity index is 1.73. The summed E-state index contributed by atoms with van der Waals surface area (Å²) in [5.41, 5.74) is 6.20. The number of nitrogen functional groups attached to an aromatic ring is 1. The van der Waals surface area contributed by atoms with Crippen molar-refractivity contribution in [1.82, 2.24) is 10.2 Å². The molecule has 1 fully saturated rings. The van der Waals surface area contributed by atoms with Gasteiger partial charge in [0, 0.05) is 22.9 Å². The van der Waals surface area contributed by atoms with Crippen molar-refractivity contribution in [2.45, 2.75) is 38.6 Å². The molecule has 2 aromatic carbocycles. The van der Waals surface area contributed by atoms with Gasteiger partial charge < -0.3 is 20.5 Å². The van der Waals surface area contributed by atoms with Crippen molar-refractivity contribution in [3.63, 3.8) is 0 Å². The third kappa shape index (κ3) is 4.73. The standard InChI is InChI=1S/C24H25F3N4O2/c1-4-22(19-9-15(28)10-21(13(19)2)24(25,26)27)29-23-20-11-16(33-17-7-8-32-12-17)5-6-18(20)14(3)30-31-23/h4-6,9-11,17,22H,1,7-8,12,28H2,2-3H3,(H,29,31)/t17-,22+/m0/s1. The van der Waals surface area contributed by atoms with Crippen molar-refractivity contribution < 1.29 is 22.6 Å². The Labute approximate surface area is 189 Å². The number of aromatic nitrogens is 2. The number of benzene rings is 2. The predicted octanol–water partition coefficient (Wildman–Crippen LogP) is 5.35. The monoisotopic (exact) mass is 458 g/mol. The maximum atomic E-state index is 13.5. The van der Waals surface area contributed by atoms with Gasteiger partial charge in [-0.1, -0.05) is 6.08 Å².